The zero-order valence-corrected chi connectivity index (χ0v) is 13.8. The number of aromatic nitrogens is 4. The topological polar surface area (TPSA) is 75.6 Å². The second-order valence-electron chi connectivity index (χ2n) is 5.46. The van der Waals surface area contributed by atoms with Gasteiger partial charge in [-0.3, -0.25) is 14.6 Å². The Kier molecular flexibility index (Phi) is 4.34. The summed E-state index contributed by atoms with van der Waals surface area (Å²) in [6.45, 7) is 4.77. The Balaban J connectivity index is 1.83. The van der Waals surface area contributed by atoms with E-state index >= 15 is 0 Å². The number of nitrogens with zero attached hydrogens (tertiary/aromatic N) is 3. The predicted octanol–water partition coefficient (Wildman–Crippen LogP) is 3.77. The van der Waals surface area contributed by atoms with E-state index in [-0.39, 0.29) is 5.91 Å². The number of unbranched alkanes of at least 4 members (excludes halogenated alkanes) is 1. The number of halogens is 1. The summed E-state index contributed by atoms with van der Waals surface area (Å²) in [6.07, 6.45) is 5.54. The Hall–Kier alpha value is -2.34. The third kappa shape index (κ3) is 3.07. The van der Waals surface area contributed by atoms with Crippen molar-refractivity contribution in [2.75, 3.05) is 5.32 Å². The van der Waals surface area contributed by atoms with Crippen LogP contribution in [0.15, 0.2) is 24.5 Å². The number of aromatic amines is 1. The van der Waals surface area contributed by atoms with Gasteiger partial charge in [-0.25, -0.2) is 0 Å². The summed E-state index contributed by atoms with van der Waals surface area (Å²) in [6, 6.07) is 3.60. The maximum Gasteiger partial charge on any atom is 0.259 e. The number of H-pyrrole nitrogens is 1. The van der Waals surface area contributed by atoms with Crippen molar-refractivity contribution >= 4 is 34.1 Å². The van der Waals surface area contributed by atoms with Crippen LogP contribution in [-0.2, 0) is 6.54 Å². The summed E-state index contributed by atoms with van der Waals surface area (Å²) in [5.74, 6) is -0.213. The van der Waals surface area contributed by atoms with Gasteiger partial charge in [0.05, 0.1) is 33.7 Å². The molecule has 0 fully saturated rings. The lowest BCUT2D eigenvalue weighted by Gasteiger charge is -2.07. The van der Waals surface area contributed by atoms with Crippen LogP contribution in [0, 0.1) is 6.92 Å². The van der Waals surface area contributed by atoms with Crippen LogP contribution in [0.2, 0.25) is 5.02 Å². The van der Waals surface area contributed by atoms with Gasteiger partial charge in [-0.1, -0.05) is 24.9 Å². The van der Waals surface area contributed by atoms with Gasteiger partial charge in [0.1, 0.15) is 0 Å². The van der Waals surface area contributed by atoms with E-state index in [2.05, 4.69) is 27.5 Å². The van der Waals surface area contributed by atoms with Gasteiger partial charge in [-0.15, -0.1) is 0 Å². The van der Waals surface area contributed by atoms with E-state index in [9.17, 15) is 4.79 Å². The average Bonchev–Trinajstić information content (AvgIpc) is 3.14. The van der Waals surface area contributed by atoms with E-state index in [0.29, 0.717) is 22.0 Å². The highest BCUT2D eigenvalue weighted by Crippen LogP contribution is 2.30. The van der Waals surface area contributed by atoms with Crippen LogP contribution in [0.5, 0.6) is 0 Å². The first-order valence-electron chi connectivity index (χ1n) is 7.57. The Morgan fingerprint density at radius 1 is 1.43 bits per heavy atom. The lowest BCUT2D eigenvalue weighted by Crippen LogP contribution is -2.12. The van der Waals surface area contributed by atoms with Crippen LogP contribution in [0.25, 0.3) is 10.9 Å². The van der Waals surface area contributed by atoms with Gasteiger partial charge in [0.15, 0.2) is 0 Å². The molecule has 0 saturated heterocycles. The van der Waals surface area contributed by atoms with Crippen molar-refractivity contribution in [3.8, 4) is 0 Å². The summed E-state index contributed by atoms with van der Waals surface area (Å²) < 4.78 is 1.81. The number of hydrogen-bond donors (Lipinski definition) is 2. The van der Waals surface area contributed by atoms with E-state index in [0.717, 1.165) is 30.3 Å². The number of benzene rings is 1. The SMILES string of the molecule is CCCCn1cc(C(=O)Nc2ccc3[nH]ncc3c2Cl)c(C)n1. The Morgan fingerprint density at radius 2 is 2.26 bits per heavy atom. The molecule has 0 aliphatic rings. The highest BCUT2D eigenvalue weighted by Gasteiger charge is 2.16. The molecule has 1 amide bonds. The Bertz CT molecular complexity index is 851. The van der Waals surface area contributed by atoms with Crippen molar-refractivity contribution < 1.29 is 4.79 Å². The van der Waals surface area contributed by atoms with Crippen LogP contribution in [0.3, 0.4) is 0 Å². The second kappa shape index (κ2) is 6.42. The Morgan fingerprint density at radius 3 is 3.04 bits per heavy atom. The summed E-state index contributed by atoms with van der Waals surface area (Å²) in [5.41, 5.74) is 2.66. The highest BCUT2D eigenvalue weighted by atomic mass is 35.5. The molecule has 2 heterocycles. The molecule has 0 bridgehead atoms. The minimum Gasteiger partial charge on any atom is -0.321 e. The molecule has 2 N–H and O–H groups in total. The summed E-state index contributed by atoms with van der Waals surface area (Å²) in [5, 5.41) is 15.3. The number of anilines is 1. The molecule has 7 heteroatoms. The fraction of sp³-hybridized carbons (Fsp3) is 0.312. The maximum atomic E-state index is 12.5. The number of aryl methyl sites for hydroxylation is 2. The number of fused-ring (bicyclic) bond motifs is 1. The lowest BCUT2D eigenvalue weighted by molar-refractivity contribution is 0.102. The maximum absolute atomic E-state index is 12.5. The van der Waals surface area contributed by atoms with Gasteiger partial charge in [-0.05, 0) is 25.5 Å². The van der Waals surface area contributed by atoms with Gasteiger partial charge in [-0.2, -0.15) is 10.2 Å². The number of carbonyl (C=O) groups excluding carboxylic acids is 1. The molecule has 3 rings (SSSR count). The molecule has 0 atom stereocenters. The zero-order chi connectivity index (χ0) is 16.4. The van der Waals surface area contributed by atoms with Gasteiger partial charge in [0.25, 0.3) is 5.91 Å². The van der Waals surface area contributed by atoms with E-state index in [1.165, 1.54) is 0 Å². The van der Waals surface area contributed by atoms with Crippen molar-refractivity contribution in [3.63, 3.8) is 0 Å². The van der Waals surface area contributed by atoms with Crippen molar-refractivity contribution in [1.82, 2.24) is 20.0 Å². The van der Waals surface area contributed by atoms with E-state index < -0.39 is 0 Å². The number of carbonyl (C=O) groups is 1. The predicted molar refractivity (Wildman–Crippen MR) is 90.9 cm³/mol. The fourth-order valence-corrected chi connectivity index (χ4v) is 2.71. The first-order valence-corrected chi connectivity index (χ1v) is 7.95. The van der Waals surface area contributed by atoms with Gasteiger partial charge in [0, 0.05) is 18.1 Å². The highest BCUT2D eigenvalue weighted by molar-refractivity contribution is 6.38. The van der Waals surface area contributed by atoms with Crippen LogP contribution in [0.4, 0.5) is 5.69 Å². The fourth-order valence-electron chi connectivity index (χ4n) is 2.44. The molecule has 0 saturated carbocycles. The van der Waals surface area contributed by atoms with Crippen molar-refractivity contribution in [2.45, 2.75) is 33.2 Å². The van der Waals surface area contributed by atoms with E-state index in [4.69, 9.17) is 11.6 Å². The molecule has 0 aliphatic heterocycles. The monoisotopic (exact) mass is 331 g/mol. The number of amides is 1. The van der Waals surface area contributed by atoms with E-state index in [1.807, 2.05) is 17.7 Å². The molecule has 120 valence electrons. The first-order chi connectivity index (χ1) is 11.1. The number of nitrogens with one attached hydrogen (secondary N) is 2. The van der Waals surface area contributed by atoms with Crippen molar-refractivity contribution in [2.24, 2.45) is 0 Å². The van der Waals surface area contributed by atoms with Gasteiger partial charge < -0.3 is 5.32 Å². The molecule has 6 nitrogen and oxygen atoms in total. The Labute approximate surface area is 138 Å². The van der Waals surface area contributed by atoms with Crippen LogP contribution in [-0.4, -0.2) is 25.9 Å². The van der Waals surface area contributed by atoms with Gasteiger partial charge in [0.2, 0.25) is 0 Å². The zero-order valence-electron chi connectivity index (χ0n) is 13.1. The molecule has 1 aromatic carbocycles. The first kappa shape index (κ1) is 15.6. The molecule has 0 unspecified atom stereocenters. The molecule has 0 radical (unpaired) electrons. The smallest absolute Gasteiger partial charge is 0.259 e. The molecule has 0 spiro atoms. The second-order valence-corrected chi connectivity index (χ2v) is 5.84. The lowest BCUT2D eigenvalue weighted by atomic mass is 10.2. The number of rotatable bonds is 5. The third-order valence-corrected chi connectivity index (χ3v) is 4.15. The normalized spacial score (nSPS) is 11.1. The van der Waals surface area contributed by atoms with E-state index in [1.54, 1.807) is 18.5 Å². The number of hydrogen-bond acceptors (Lipinski definition) is 3. The largest absolute Gasteiger partial charge is 0.321 e. The van der Waals surface area contributed by atoms with Crippen molar-refractivity contribution in [3.05, 3.63) is 40.8 Å². The minimum absolute atomic E-state index is 0.213. The summed E-state index contributed by atoms with van der Waals surface area (Å²) in [7, 11) is 0. The van der Waals surface area contributed by atoms with Crippen LogP contribution < -0.4 is 5.32 Å². The van der Waals surface area contributed by atoms with Crippen LogP contribution in [0.1, 0.15) is 35.8 Å². The molecule has 0 aliphatic carbocycles. The molecule has 3 aromatic rings. The standard InChI is InChI=1S/C16H18ClN5O/c1-3-4-7-22-9-12(10(2)21-22)16(23)19-14-6-5-13-11(15(14)17)8-18-20-13/h5-6,8-9H,3-4,7H2,1-2H3,(H,18,20)(H,19,23). The van der Waals surface area contributed by atoms with Crippen LogP contribution >= 0.6 is 11.6 Å². The van der Waals surface area contributed by atoms with Gasteiger partial charge >= 0.3 is 0 Å². The molecular formula is C16H18ClN5O. The molecular weight excluding hydrogens is 314 g/mol. The summed E-state index contributed by atoms with van der Waals surface area (Å²) >= 11 is 6.33. The molecule has 2 aromatic heterocycles. The third-order valence-electron chi connectivity index (χ3n) is 3.74. The average molecular weight is 332 g/mol. The quantitative estimate of drug-likeness (QED) is 0.747. The van der Waals surface area contributed by atoms with Crippen molar-refractivity contribution in [1.29, 1.82) is 0 Å². The summed E-state index contributed by atoms with van der Waals surface area (Å²) in [4.78, 5) is 12.5. The molecule has 23 heavy (non-hydrogen) atoms. The minimum atomic E-state index is -0.213.